The third-order valence-corrected chi connectivity index (χ3v) is 7.75. The molecule has 118 valence electrons. The zero-order valence-electron chi connectivity index (χ0n) is 12.7. The third-order valence-electron chi connectivity index (χ3n) is 4.51. The standard InChI is InChI=1S/C16H24BrNO2S/c1-3-6-12-9-10-14(18-2)16(11-12)21(19,20)15-8-5-4-7-13(15)17/h4-5,7-8,12,14,16,18H,3,6,9-11H2,1-2H3. The number of benzene rings is 1. The second kappa shape index (κ2) is 7.25. The molecule has 1 aliphatic rings. The molecular formula is C16H24BrNO2S. The van der Waals surface area contributed by atoms with E-state index in [1.807, 2.05) is 13.1 Å². The van der Waals surface area contributed by atoms with Crippen molar-refractivity contribution in [3.63, 3.8) is 0 Å². The Hall–Kier alpha value is -0.390. The second-order valence-corrected chi connectivity index (χ2v) is 8.87. The molecule has 1 fully saturated rings. The van der Waals surface area contributed by atoms with Crippen LogP contribution in [-0.4, -0.2) is 26.8 Å². The maximum Gasteiger partial charge on any atom is 0.183 e. The van der Waals surface area contributed by atoms with Gasteiger partial charge in [0.25, 0.3) is 0 Å². The van der Waals surface area contributed by atoms with E-state index in [4.69, 9.17) is 0 Å². The molecule has 1 N–H and O–H groups in total. The Bertz CT molecular complexity index is 573. The van der Waals surface area contributed by atoms with E-state index in [0.717, 1.165) is 32.1 Å². The SMILES string of the molecule is CCCC1CCC(NC)C(S(=O)(=O)c2ccccc2Br)C1. The van der Waals surface area contributed by atoms with Gasteiger partial charge in [-0.3, -0.25) is 0 Å². The molecule has 0 aliphatic heterocycles. The van der Waals surface area contributed by atoms with Crippen LogP contribution in [0.4, 0.5) is 0 Å². The predicted octanol–water partition coefficient (Wildman–Crippen LogP) is 3.78. The molecule has 0 aromatic heterocycles. The zero-order valence-corrected chi connectivity index (χ0v) is 15.1. The number of nitrogens with one attached hydrogen (secondary N) is 1. The summed E-state index contributed by atoms with van der Waals surface area (Å²) in [5.74, 6) is 0.530. The lowest BCUT2D eigenvalue weighted by Crippen LogP contribution is -2.46. The molecule has 0 saturated heterocycles. The first-order valence-electron chi connectivity index (χ1n) is 7.66. The van der Waals surface area contributed by atoms with Gasteiger partial charge in [0.15, 0.2) is 9.84 Å². The minimum atomic E-state index is -3.31. The van der Waals surface area contributed by atoms with Crippen LogP contribution in [-0.2, 0) is 9.84 Å². The Kier molecular flexibility index (Phi) is 5.86. The molecule has 0 amide bonds. The van der Waals surface area contributed by atoms with Crippen molar-refractivity contribution in [2.75, 3.05) is 7.05 Å². The lowest BCUT2D eigenvalue weighted by molar-refractivity contribution is 0.288. The van der Waals surface area contributed by atoms with Crippen LogP contribution in [0.3, 0.4) is 0 Å². The summed E-state index contributed by atoms with van der Waals surface area (Å²) in [6.45, 7) is 2.17. The van der Waals surface area contributed by atoms with Gasteiger partial charge in [-0.05, 0) is 60.3 Å². The van der Waals surface area contributed by atoms with Gasteiger partial charge in [-0.25, -0.2) is 8.42 Å². The lowest BCUT2D eigenvalue weighted by Gasteiger charge is -2.35. The van der Waals surface area contributed by atoms with Crippen molar-refractivity contribution in [3.05, 3.63) is 28.7 Å². The summed E-state index contributed by atoms with van der Waals surface area (Å²) in [5.41, 5.74) is 0. The maximum absolute atomic E-state index is 13.1. The monoisotopic (exact) mass is 373 g/mol. The summed E-state index contributed by atoms with van der Waals surface area (Å²) in [7, 11) is -1.45. The van der Waals surface area contributed by atoms with Crippen LogP contribution < -0.4 is 5.32 Å². The molecule has 3 unspecified atom stereocenters. The quantitative estimate of drug-likeness (QED) is 0.853. The molecule has 2 rings (SSSR count). The van der Waals surface area contributed by atoms with Crippen molar-refractivity contribution >= 4 is 25.8 Å². The van der Waals surface area contributed by atoms with Gasteiger partial charge in [0, 0.05) is 10.5 Å². The van der Waals surface area contributed by atoms with Gasteiger partial charge in [-0.15, -0.1) is 0 Å². The van der Waals surface area contributed by atoms with Crippen LogP contribution in [0.2, 0.25) is 0 Å². The van der Waals surface area contributed by atoms with Crippen LogP contribution in [0.5, 0.6) is 0 Å². The summed E-state index contributed by atoms with van der Waals surface area (Å²) in [6.07, 6.45) is 5.08. The summed E-state index contributed by atoms with van der Waals surface area (Å²) in [5, 5.41) is 2.89. The summed E-state index contributed by atoms with van der Waals surface area (Å²) in [4.78, 5) is 0.424. The van der Waals surface area contributed by atoms with Gasteiger partial charge in [0.1, 0.15) is 0 Å². The fourth-order valence-electron chi connectivity index (χ4n) is 3.39. The van der Waals surface area contributed by atoms with E-state index >= 15 is 0 Å². The Morgan fingerprint density at radius 2 is 2.00 bits per heavy atom. The molecule has 3 nitrogen and oxygen atoms in total. The van der Waals surface area contributed by atoms with Crippen molar-refractivity contribution in [2.45, 2.75) is 55.2 Å². The van der Waals surface area contributed by atoms with Crippen LogP contribution >= 0.6 is 15.9 Å². The fraction of sp³-hybridized carbons (Fsp3) is 0.625. The highest BCUT2D eigenvalue weighted by molar-refractivity contribution is 9.10. The summed E-state index contributed by atoms with van der Waals surface area (Å²) < 4.78 is 26.8. The van der Waals surface area contributed by atoms with E-state index in [0.29, 0.717) is 15.3 Å². The van der Waals surface area contributed by atoms with E-state index in [-0.39, 0.29) is 11.3 Å². The number of halogens is 1. The Balaban J connectivity index is 2.33. The van der Waals surface area contributed by atoms with Gasteiger partial charge in [0.2, 0.25) is 0 Å². The topological polar surface area (TPSA) is 46.2 Å². The summed E-state index contributed by atoms with van der Waals surface area (Å²) >= 11 is 3.39. The van der Waals surface area contributed by atoms with Gasteiger partial charge in [-0.2, -0.15) is 0 Å². The average Bonchev–Trinajstić information content (AvgIpc) is 2.48. The molecule has 0 heterocycles. The third kappa shape index (κ3) is 3.69. The molecule has 21 heavy (non-hydrogen) atoms. The number of rotatable bonds is 5. The average molecular weight is 374 g/mol. The number of hydrogen-bond donors (Lipinski definition) is 1. The molecule has 1 saturated carbocycles. The highest BCUT2D eigenvalue weighted by Crippen LogP contribution is 2.36. The van der Waals surface area contributed by atoms with Crippen molar-refractivity contribution < 1.29 is 8.42 Å². The Morgan fingerprint density at radius 3 is 2.62 bits per heavy atom. The fourth-order valence-corrected chi connectivity index (χ4v) is 6.52. The minimum absolute atomic E-state index is 0.0511. The molecular weight excluding hydrogens is 350 g/mol. The predicted molar refractivity (Wildman–Crippen MR) is 90.2 cm³/mol. The molecule has 1 aromatic rings. The maximum atomic E-state index is 13.1. The molecule has 5 heteroatoms. The van der Waals surface area contributed by atoms with Crippen LogP contribution in [0.1, 0.15) is 39.0 Å². The lowest BCUT2D eigenvalue weighted by atomic mass is 9.83. The van der Waals surface area contributed by atoms with E-state index in [1.165, 1.54) is 0 Å². The first-order valence-corrected chi connectivity index (χ1v) is 10.00. The molecule has 0 radical (unpaired) electrons. The molecule has 1 aliphatic carbocycles. The highest BCUT2D eigenvalue weighted by atomic mass is 79.9. The highest BCUT2D eigenvalue weighted by Gasteiger charge is 2.39. The molecule has 0 spiro atoms. The minimum Gasteiger partial charge on any atom is -0.316 e. The van der Waals surface area contributed by atoms with Crippen molar-refractivity contribution in [1.29, 1.82) is 0 Å². The van der Waals surface area contributed by atoms with E-state index in [1.54, 1.807) is 18.2 Å². The molecule has 1 aromatic carbocycles. The van der Waals surface area contributed by atoms with E-state index < -0.39 is 9.84 Å². The van der Waals surface area contributed by atoms with Crippen molar-refractivity contribution in [3.8, 4) is 0 Å². The number of hydrogen-bond acceptors (Lipinski definition) is 3. The summed E-state index contributed by atoms with van der Waals surface area (Å²) in [6, 6.07) is 7.19. The zero-order chi connectivity index (χ0) is 15.5. The smallest absolute Gasteiger partial charge is 0.183 e. The van der Waals surface area contributed by atoms with Crippen molar-refractivity contribution in [2.24, 2.45) is 5.92 Å². The van der Waals surface area contributed by atoms with Gasteiger partial charge in [0.05, 0.1) is 10.1 Å². The second-order valence-electron chi connectivity index (χ2n) is 5.88. The van der Waals surface area contributed by atoms with Gasteiger partial charge in [-0.1, -0.05) is 31.9 Å². The van der Waals surface area contributed by atoms with Crippen LogP contribution in [0.25, 0.3) is 0 Å². The molecule has 3 atom stereocenters. The normalized spacial score (nSPS) is 26.7. The molecule has 0 bridgehead atoms. The van der Waals surface area contributed by atoms with Gasteiger partial charge < -0.3 is 5.32 Å². The largest absolute Gasteiger partial charge is 0.316 e. The number of sulfone groups is 1. The van der Waals surface area contributed by atoms with Crippen molar-refractivity contribution in [1.82, 2.24) is 5.32 Å². The van der Waals surface area contributed by atoms with E-state index in [2.05, 4.69) is 28.2 Å². The van der Waals surface area contributed by atoms with Gasteiger partial charge >= 0.3 is 0 Å². The Morgan fingerprint density at radius 1 is 1.29 bits per heavy atom. The van der Waals surface area contributed by atoms with Crippen LogP contribution in [0, 0.1) is 5.92 Å². The first-order chi connectivity index (χ1) is 10.0. The first kappa shape index (κ1) is 17.0. The van der Waals surface area contributed by atoms with Crippen LogP contribution in [0.15, 0.2) is 33.6 Å². The van der Waals surface area contributed by atoms with E-state index in [9.17, 15) is 8.42 Å². The Labute approximate surface area is 136 Å².